The first-order valence-electron chi connectivity index (χ1n) is 4.61. The van der Waals surface area contributed by atoms with Crippen molar-refractivity contribution >= 4 is 11.9 Å². The Bertz CT molecular complexity index is 213. The smallest absolute Gasteiger partial charge is 0.325 e. The standard InChI is InChI=1S/C10H17NO3/c1-4-6-9(12)11(7-5-2)8-10(13)14-3/h4H,1,5-8H2,2-3H3. The summed E-state index contributed by atoms with van der Waals surface area (Å²) >= 11 is 0. The number of nitrogens with zero attached hydrogens (tertiary/aromatic N) is 1. The maximum atomic E-state index is 11.4. The molecule has 0 aromatic carbocycles. The van der Waals surface area contributed by atoms with Crippen LogP contribution in [-0.2, 0) is 14.3 Å². The normalized spacial score (nSPS) is 9.29. The van der Waals surface area contributed by atoms with Gasteiger partial charge in [-0.3, -0.25) is 9.59 Å². The maximum absolute atomic E-state index is 11.4. The van der Waals surface area contributed by atoms with E-state index in [9.17, 15) is 9.59 Å². The van der Waals surface area contributed by atoms with Gasteiger partial charge < -0.3 is 9.64 Å². The molecule has 0 aromatic heterocycles. The van der Waals surface area contributed by atoms with Gasteiger partial charge in [0.1, 0.15) is 6.54 Å². The highest BCUT2D eigenvalue weighted by Crippen LogP contribution is 1.97. The second kappa shape index (κ2) is 7.12. The third-order valence-electron chi connectivity index (χ3n) is 1.71. The summed E-state index contributed by atoms with van der Waals surface area (Å²) in [6, 6.07) is 0. The number of hydrogen-bond acceptors (Lipinski definition) is 3. The summed E-state index contributed by atoms with van der Waals surface area (Å²) in [5.74, 6) is -0.483. The van der Waals surface area contributed by atoms with Crippen molar-refractivity contribution in [1.29, 1.82) is 0 Å². The lowest BCUT2D eigenvalue weighted by Crippen LogP contribution is -2.36. The van der Waals surface area contributed by atoms with Gasteiger partial charge in [-0.05, 0) is 6.42 Å². The lowest BCUT2D eigenvalue weighted by atomic mass is 10.3. The van der Waals surface area contributed by atoms with Crippen molar-refractivity contribution in [3.63, 3.8) is 0 Å². The molecule has 0 aliphatic heterocycles. The van der Waals surface area contributed by atoms with E-state index in [4.69, 9.17) is 0 Å². The third-order valence-corrected chi connectivity index (χ3v) is 1.71. The molecule has 0 unspecified atom stereocenters. The highest BCUT2D eigenvalue weighted by Gasteiger charge is 2.14. The molecule has 0 saturated heterocycles. The molecule has 4 nitrogen and oxygen atoms in total. The van der Waals surface area contributed by atoms with Crippen molar-refractivity contribution < 1.29 is 14.3 Å². The summed E-state index contributed by atoms with van der Waals surface area (Å²) in [6.07, 6.45) is 2.61. The fraction of sp³-hybridized carbons (Fsp3) is 0.600. The summed E-state index contributed by atoms with van der Waals surface area (Å²) in [7, 11) is 1.31. The van der Waals surface area contributed by atoms with Crippen LogP contribution < -0.4 is 0 Å². The van der Waals surface area contributed by atoms with Crippen LogP contribution in [0.3, 0.4) is 0 Å². The summed E-state index contributed by atoms with van der Waals surface area (Å²) in [4.78, 5) is 23.9. The number of esters is 1. The van der Waals surface area contributed by atoms with Gasteiger partial charge in [0.15, 0.2) is 0 Å². The third kappa shape index (κ3) is 4.64. The first-order chi connectivity index (χ1) is 6.65. The quantitative estimate of drug-likeness (QED) is 0.473. The van der Waals surface area contributed by atoms with Crippen molar-refractivity contribution in [2.24, 2.45) is 0 Å². The van der Waals surface area contributed by atoms with Crippen molar-refractivity contribution in [3.05, 3.63) is 12.7 Å². The van der Waals surface area contributed by atoms with E-state index < -0.39 is 5.97 Å². The molecule has 14 heavy (non-hydrogen) atoms. The molecule has 80 valence electrons. The van der Waals surface area contributed by atoms with Crippen LogP contribution in [0.5, 0.6) is 0 Å². The zero-order chi connectivity index (χ0) is 11.0. The molecule has 0 aromatic rings. The van der Waals surface area contributed by atoms with Crippen LogP contribution >= 0.6 is 0 Å². The molecule has 0 atom stereocenters. The molecule has 0 radical (unpaired) electrons. The monoisotopic (exact) mass is 199 g/mol. The zero-order valence-electron chi connectivity index (χ0n) is 8.78. The van der Waals surface area contributed by atoms with Gasteiger partial charge in [0.05, 0.1) is 7.11 Å². The van der Waals surface area contributed by atoms with Gasteiger partial charge in [0.25, 0.3) is 0 Å². The summed E-state index contributed by atoms with van der Waals surface area (Å²) in [6.45, 7) is 6.02. The Hall–Kier alpha value is -1.32. The molecular formula is C10H17NO3. The van der Waals surface area contributed by atoms with E-state index in [1.54, 1.807) is 0 Å². The molecule has 0 N–H and O–H groups in total. The number of ether oxygens (including phenoxy) is 1. The van der Waals surface area contributed by atoms with Crippen molar-refractivity contribution in [2.45, 2.75) is 19.8 Å². The fourth-order valence-electron chi connectivity index (χ4n) is 1.03. The minimum atomic E-state index is -0.393. The van der Waals surface area contributed by atoms with E-state index in [1.165, 1.54) is 18.1 Å². The van der Waals surface area contributed by atoms with E-state index in [0.717, 1.165) is 6.42 Å². The average Bonchev–Trinajstić information content (AvgIpc) is 2.17. The van der Waals surface area contributed by atoms with Gasteiger partial charge in [-0.2, -0.15) is 0 Å². The average molecular weight is 199 g/mol. The van der Waals surface area contributed by atoms with E-state index in [2.05, 4.69) is 11.3 Å². The lowest BCUT2D eigenvalue weighted by molar-refractivity contribution is -0.146. The molecule has 0 spiro atoms. The maximum Gasteiger partial charge on any atom is 0.325 e. The molecule has 4 heteroatoms. The predicted molar refractivity (Wildman–Crippen MR) is 53.7 cm³/mol. The summed E-state index contributed by atoms with van der Waals surface area (Å²) < 4.78 is 4.50. The number of methoxy groups -OCH3 is 1. The highest BCUT2D eigenvalue weighted by atomic mass is 16.5. The van der Waals surface area contributed by atoms with E-state index in [0.29, 0.717) is 6.54 Å². The number of carbonyl (C=O) groups excluding carboxylic acids is 2. The van der Waals surface area contributed by atoms with Gasteiger partial charge in [-0.15, -0.1) is 6.58 Å². The molecule has 0 rings (SSSR count). The topological polar surface area (TPSA) is 46.6 Å². The lowest BCUT2D eigenvalue weighted by Gasteiger charge is -2.19. The van der Waals surface area contributed by atoms with Crippen LogP contribution in [0.4, 0.5) is 0 Å². The van der Waals surface area contributed by atoms with Crippen LogP contribution in [0, 0.1) is 0 Å². The Morgan fingerprint density at radius 2 is 2.14 bits per heavy atom. The zero-order valence-corrected chi connectivity index (χ0v) is 8.78. The Morgan fingerprint density at radius 1 is 1.50 bits per heavy atom. The van der Waals surface area contributed by atoms with Crippen LogP contribution in [0.15, 0.2) is 12.7 Å². The fourth-order valence-corrected chi connectivity index (χ4v) is 1.03. The largest absolute Gasteiger partial charge is 0.468 e. The number of amides is 1. The van der Waals surface area contributed by atoms with E-state index >= 15 is 0 Å². The van der Waals surface area contributed by atoms with Crippen molar-refractivity contribution in [3.8, 4) is 0 Å². The number of hydrogen-bond donors (Lipinski definition) is 0. The van der Waals surface area contributed by atoms with E-state index in [-0.39, 0.29) is 18.9 Å². The van der Waals surface area contributed by atoms with Crippen LogP contribution in [0.25, 0.3) is 0 Å². The van der Waals surface area contributed by atoms with E-state index in [1.807, 2.05) is 6.92 Å². The highest BCUT2D eigenvalue weighted by molar-refractivity contribution is 5.82. The van der Waals surface area contributed by atoms with Gasteiger partial charge >= 0.3 is 5.97 Å². The number of rotatable bonds is 6. The Labute approximate surface area is 84.5 Å². The van der Waals surface area contributed by atoms with Gasteiger partial charge in [-0.1, -0.05) is 13.0 Å². The first-order valence-corrected chi connectivity index (χ1v) is 4.61. The van der Waals surface area contributed by atoms with Crippen LogP contribution in [0.1, 0.15) is 19.8 Å². The summed E-state index contributed by atoms with van der Waals surface area (Å²) in [5.41, 5.74) is 0. The van der Waals surface area contributed by atoms with Gasteiger partial charge in [-0.25, -0.2) is 0 Å². The van der Waals surface area contributed by atoms with Gasteiger partial charge in [0, 0.05) is 13.0 Å². The Balaban J connectivity index is 4.19. The Kier molecular flexibility index (Phi) is 6.45. The SMILES string of the molecule is C=CCC(=O)N(CCC)CC(=O)OC. The summed E-state index contributed by atoms with van der Waals surface area (Å²) in [5, 5.41) is 0. The van der Waals surface area contributed by atoms with Crippen molar-refractivity contribution in [1.82, 2.24) is 4.90 Å². The van der Waals surface area contributed by atoms with Crippen molar-refractivity contribution in [2.75, 3.05) is 20.2 Å². The van der Waals surface area contributed by atoms with Crippen LogP contribution in [0.2, 0.25) is 0 Å². The van der Waals surface area contributed by atoms with Crippen LogP contribution in [-0.4, -0.2) is 37.0 Å². The number of carbonyl (C=O) groups is 2. The predicted octanol–water partition coefficient (Wildman–Crippen LogP) is 0.974. The first kappa shape index (κ1) is 12.7. The molecule has 0 heterocycles. The van der Waals surface area contributed by atoms with Gasteiger partial charge in [0.2, 0.25) is 5.91 Å². The molecule has 0 aliphatic rings. The second-order valence-corrected chi connectivity index (χ2v) is 2.88. The molecular weight excluding hydrogens is 182 g/mol. The molecule has 0 saturated carbocycles. The minimum Gasteiger partial charge on any atom is -0.468 e. The molecule has 0 bridgehead atoms. The molecule has 0 aliphatic carbocycles. The minimum absolute atomic E-state index is 0.0248. The molecule has 1 amide bonds. The second-order valence-electron chi connectivity index (χ2n) is 2.88. The Morgan fingerprint density at radius 3 is 2.57 bits per heavy atom. The molecule has 0 fully saturated rings.